The van der Waals surface area contributed by atoms with Gasteiger partial charge >= 0.3 is 0 Å². The molecule has 8 heteroatoms. The van der Waals surface area contributed by atoms with E-state index < -0.39 is 0 Å². The van der Waals surface area contributed by atoms with Crippen LogP contribution in [0.4, 0.5) is 5.69 Å². The highest BCUT2D eigenvalue weighted by molar-refractivity contribution is 5.69. The Kier molecular flexibility index (Phi) is 4.47. The van der Waals surface area contributed by atoms with Gasteiger partial charge in [-0.1, -0.05) is 6.08 Å². The Morgan fingerprint density at radius 3 is 2.70 bits per heavy atom. The first-order chi connectivity index (χ1) is 14.4. The van der Waals surface area contributed by atoms with Gasteiger partial charge in [-0.15, -0.1) is 0 Å². The fourth-order valence-corrected chi connectivity index (χ4v) is 4.75. The number of anilines is 1. The molecule has 0 bridgehead atoms. The largest absolute Gasteiger partial charge is 0.371 e. The summed E-state index contributed by atoms with van der Waals surface area (Å²) in [6.07, 6.45) is 9.42. The maximum Gasteiger partial charge on any atom is 0.276 e. The molecular weight excluding hydrogens is 378 g/mol. The molecule has 30 heavy (non-hydrogen) atoms. The van der Waals surface area contributed by atoms with Crippen LogP contribution in [0, 0.1) is 13.8 Å². The van der Waals surface area contributed by atoms with Crippen LogP contribution in [0.25, 0.3) is 11.7 Å². The molecule has 156 valence electrons. The van der Waals surface area contributed by atoms with Gasteiger partial charge in [0, 0.05) is 12.1 Å². The maximum atomic E-state index is 13.2. The van der Waals surface area contributed by atoms with Crippen LogP contribution in [0.3, 0.4) is 0 Å². The van der Waals surface area contributed by atoms with Crippen LogP contribution in [0.2, 0.25) is 0 Å². The zero-order chi connectivity index (χ0) is 21.0. The van der Waals surface area contributed by atoms with Crippen molar-refractivity contribution in [2.75, 3.05) is 5.32 Å². The number of nitrogens with one attached hydrogen (secondary N) is 2. The number of hydrogen-bond acceptors (Lipinski definition) is 6. The number of hydrogen-bond donors (Lipinski definition) is 2. The number of nitrogens with zero attached hydrogens (tertiary/aromatic N) is 5. The fourth-order valence-electron chi connectivity index (χ4n) is 4.75. The molecule has 1 saturated heterocycles. The molecule has 3 atom stereocenters. The standard InChI is InChI=1S/C22H27N7O/c1-12-7-19(27-28-11-15(4)25-21(12)28)18-6-5-17-20(26-18)10-23-29(22(17)30)16-8-13(2)24-14(3)9-16/h5-7,10-11,13-14,16,18,24,26H,8-9H2,1-4H3. The quantitative estimate of drug-likeness (QED) is 0.682. The second-order valence-electron chi connectivity index (χ2n) is 8.70. The van der Waals surface area contributed by atoms with Gasteiger partial charge in [-0.25, -0.2) is 14.2 Å². The van der Waals surface area contributed by atoms with E-state index in [2.05, 4.69) is 34.6 Å². The van der Waals surface area contributed by atoms with Gasteiger partial charge in [-0.2, -0.15) is 10.2 Å². The summed E-state index contributed by atoms with van der Waals surface area (Å²) in [6.45, 7) is 8.31. The van der Waals surface area contributed by atoms with Gasteiger partial charge < -0.3 is 10.6 Å². The molecule has 2 N–H and O–H groups in total. The molecule has 3 aromatic heterocycles. The molecule has 2 aliphatic heterocycles. The summed E-state index contributed by atoms with van der Waals surface area (Å²) in [7, 11) is 0. The van der Waals surface area contributed by atoms with Gasteiger partial charge in [0.05, 0.1) is 47.1 Å². The van der Waals surface area contributed by atoms with Crippen LogP contribution in [-0.4, -0.2) is 36.5 Å². The summed E-state index contributed by atoms with van der Waals surface area (Å²) in [5, 5.41) is 16.2. The molecule has 0 amide bonds. The summed E-state index contributed by atoms with van der Waals surface area (Å²) in [6, 6.07) is 2.78. The minimum atomic E-state index is -0.126. The van der Waals surface area contributed by atoms with E-state index in [9.17, 15) is 4.79 Å². The van der Waals surface area contributed by atoms with Gasteiger partial charge in [0.15, 0.2) is 5.65 Å². The lowest BCUT2D eigenvalue weighted by atomic mass is 9.95. The number of aryl methyl sites for hydroxylation is 2. The SMILES string of the molecule is Cc1cn2nc(C3C=Cc4c(cnn(C5CC(C)NC(C)C5)c4=O)N3)cc(C)c2n1. The fraction of sp³-hybridized carbons (Fsp3) is 0.455. The summed E-state index contributed by atoms with van der Waals surface area (Å²) < 4.78 is 3.49. The zero-order valence-corrected chi connectivity index (χ0v) is 17.8. The third kappa shape index (κ3) is 3.21. The number of imidazole rings is 1. The van der Waals surface area contributed by atoms with E-state index in [4.69, 9.17) is 5.10 Å². The Balaban J connectivity index is 1.47. The van der Waals surface area contributed by atoms with Crippen molar-refractivity contribution < 1.29 is 0 Å². The zero-order valence-electron chi connectivity index (χ0n) is 17.8. The van der Waals surface area contributed by atoms with E-state index in [1.54, 1.807) is 10.9 Å². The van der Waals surface area contributed by atoms with Crippen molar-refractivity contribution in [2.24, 2.45) is 0 Å². The monoisotopic (exact) mass is 405 g/mol. The van der Waals surface area contributed by atoms with Gasteiger partial charge in [-0.3, -0.25) is 4.79 Å². The first-order valence-corrected chi connectivity index (χ1v) is 10.5. The van der Waals surface area contributed by atoms with Crippen molar-refractivity contribution in [1.82, 2.24) is 29.7 Å². The second kappa shape index (κ2) is 7.05. The molecule has 0 aliphatic carbocycles. The normalized spacial score (nSPS) is 25.9. The van der Waals surface area contributed by atoms with E-state index in [0.29, 0.717) is 17.6 Å². The van der Waals surface area contributed by atoms with Gasteiger partial charge in [-0.05, 0) is 58.2 Å². The Hall–Kier alpha value is -3.00. The highest BCUT2D eigenvalue weighted by Crippen LogP contribution is 2.29. The minimum absolute atomic E-state index is 0.0363. The molecule has 0 spiro atoms. The third-order valence-corrected chi connectivity index (χ3v) is 6.04. The summed E-state index contributed by atoms with van der Waals surface area (Å²) in [5.74, 6) is 0. The molecule has 5 rings (SSSR count). The molecule has 0 radical (unpaired) electrons. The van der Waals surface area contributed by atoms with E-state index in [1.807, 2.05) is 42.8 Å². The Bertz CT molecular complexity index is 1200. The lowest BCUT2D eigenvalue weighted by Crippen LogP contribution is -2.45. The van der Waals surface area contributed by atoms with Crippen molar-refractivity contribution in [3.63, 3.8) is 0 Å². The summed E-state index contributed by atoms with van der Waals surface area (Å²) >= 11 is 0. The molecule has 0 aromatic carbocycles. The van der Waals surface area contributed by atoms with Crippen LogP contribution >= 0.6 is 0 Å². The second-order valence-corrected chi connectivity index (χ2v) is 8.70. The maximum absolute atomic E-state index is 13.2. The Labute approximate surface area is 175 Å². The summed E-state index contributed by atoms with van der Waals surface area (Å²) in [5.41, 5.74) is 5.13. The van der Waals surface area contributed by atoms with E-state index in [-0.39, 0.29) is 17.6 Å². The number of piperidine rings is 1. The highest BCUT2D eigenvalue weighted by Gasteiger charge is 2.28. The average Bonchev–Trinajstić information content (AvgIpc) is 3.08. The number of rotatable bonds is 2. The van der Waals surface area contributed by atoms with Crippen molar-refractivity contribution in [3.05, 3.63) is 57.4 Å². The smallest absolute Gasteiger partial charge is 0.276 e. The molecular formula is C22H27N7O. The molecule has 8 nitrogen and oxygen atoms in total. The van der Waals surface area contributed by atoms with Gasteiger partial charge in [0.1, 0.15) is 0 Å². The lowest BCUT2D eigenvalue weighted by Gasteiger charge is -2.33. The first kappa shape index (κ1) is 19.0. The van der Waals surface area contributed by atoms with Crippen molar-refractivity contribution in [2.45, 2.75) is 64.7 Å². The predicted molar refractivity (Wildman–Crippen MR) is 117 cm³/mol. The van der Waals surface area contributed by atoms with E-state index in [1.165, 1.54) is 0 Å². The molecule has 0 saturated carbocycles. The number of aromatic nitrogens is 5. The number of fused-ring (bicyclic) bond motifs is 2. The van der Waals surface area contributed by atoms with Crippen LogP contribution in [0.1, 0.15) is 61.3 Å². The summed E-state index contributed by atoms with van der Waals surface area (Å²) in [4.78, 5) is 17.7. The van der Waals surface area contributed by atoms with Crippen molar-refractivity contribution in [1.29, 1.82) is 0 Å². The molecule has 1 fully saturated rings. The lowest BCUT2D eigenvalue weighted by molar-refractivity contribution is 0.243. The van der Waals surface area contributed by atoms with Crippen molar-refractivity contribution >= 4 is 17.4 Å². The first-order valence-electron chi connectivity index (χ1n) is 10.5. The van der Waals surface area contributed by atoms with Crippen molar-refractivity contribution in [3.8, 4) is 0 Å². The van der Waals surface area contributed by atoms with Gasteiger partial charge in [0.2, 0.25) is 0 Å². The van der Waals surface area contributed by atoms with E-state index in [0.717, 1.165) is 41.1 Å². The van der Waals surface area contributed by atoms with Crippen LogP contribution in [-0.2, 0) is 0 Å². The van der Waals surface area contributed by atoms with Crippen LogP contribution in [0.5, 0.6) is 0 Å². The predicted octanol–water partition coefficient (Wildman–Crippen LogP) is 2.78. The van der Waals surface area contributed by atoms with Crippen LogP contribution in [0.15, 0.2) is 29.3 Å². The minimum Gasteiger partial charge on any atom is -0.371 e. The highest BCUT2D eigenvalue weighted by atomic mass is 16.1. The van der Waals surface area contributed by atoms with Gasteiger partial charge in [0.25, 0.3) is 5.56 Å². The average molecular weight is 406 g/mol. The topological polar surface area (TPSA) is 89.1 Å². The molecule has 3 unspecified atom stereocenters. The molecule has 5 heterocycles. The molecule has 3 aromatic rings. The Morgan fingerprint density at radius 1 is 1.17 bits per heavy atom. The third-order valence-electron chi connectivity index (χ3n) is 6.04. The van der Waals surface area contributed by atoms with Crippen LogP contribution < -0.4 is 16.2 Å². The molecule has 2 aliphatic rings. The van der Waals surface area contributed by atoms with E-state index >= 15 is 0 Å². The Morgan fingerprint density at radius 2 is 1.93 bits per heavy atom.